The first-order valence-electron chi connectivity index (χ1n) is 13.1. The Labute approximate surface area is 236 Å². The summed E-state index contributed by atoms with van der Waals surface area (Å²) in [6.45, 7) is 5.80. The predicted molar refractivity (Wildman–Crippen MR) is 154 cm³/mol. The molecule has 1 fully saturated rings. The fourth-order valence-electron chi connectivity index (χ4n) is 4.55. The summed E-state index contributed by atoms with van der Waals surface area (Å²) in [5.74, 6) is -0.774. The normalized spacial score (nSPS) is 16.4. The first kappa shape index (κ1) is 27.4. The lowest BCUT2D eigenvalue weighted by atomic mass is 10.0. The molecule has 208 valence electrons. The van der Waals surface area contributed by atoms with E-state index < -0.39 is 29.7 Å². The standard InChI is InChI=1S/C30H32N4O5S/c1-30(2,3)39-29(37)32-26(21-12-8-5-9-13-21)28(36)34-14-15-38-19-23(34)27(35)31-22-16-25-33(17-22)18-24(40-25)20-10-6-4-7-11-20/h4-13,16-18,23,26H,14-15,19H2,1-3H3,(H,31,35)(H,32,37)/t23-,26+/m0/s1. The molecule has 1 aliphatic rings. The molecule has 0 spiro atoms. The average Bonchev–Trinajstić information content (AvgIpc) is 3.50. The second kappa shape index (κ2) is 11.5. The van der Waals surface area contributed by atoms with Gasteiger partial charge >= 0.3 is 6.09 Å². The zero-order valence-electron chi connectivity index (χ0n) is 22.6. The number of amides is 3. The van der Waals surface area contributed by atoms with E-state index in [-0.39, 0.29) is 25.7 Å². The topological polar surface area (TPSA) is 101 Å². The van der Waals surface area contributed by atoms with E-state index in [1.807, 2.05) is 47.1 Å². The Hall–Kier alpha value is -4.15. The third-order valence-corrected chi connectivity index (χ3v) is 7.46. The van der Waals surface area contributed by atoms with Crippen molar-refractivity contribution in [1.82, 2.24) is 14.6 Å². The van der Waals surface area contributed by atoms with Crippen molar-refractivity contribution < 1.29 is 23.9 Å². The fraction of sp³-hybridized carbons (Fsp3) is 0.300. The Bertz CT molecular complexity index is 1460. The number of ether oxygens (including phenoxy) is 2. The SMILES string of the molecule is CC(C)(C)OC(=O)N[C@@H](C(=O)N1CCOC[C@H]1C(=O)Nc1cc2sc(-c3ccccc3)cn2c1)c1ccccc1. The van der Waals surface area contributed by atoms with Gasteiger partial charge in [0, 0.05) is 18.9 Å². The van der Waals surface area contributed by atoms with Crippen LogP contribution in [0, 0.1) is 0 Å². The van der Waals surface area contributed by atoms with Gasteiger partial charge < -0.3 is 29.4 Å². The number of hydrogen-bond donors (Lipinski definition) is 2. The third kappa shape index (κ3) is 6.35. The van der Waals surface area contributed by atoms with Gasteiger partial charge in [-0.3, -0.25) is 9.59 Å². The molecule has 9 nitrogen and oxygen atoms in total. The van der Waals surface area contributed by atoms with Crippen molar-refractivity contribution in [3.63, 3.8) is 0 Å². The van der Waals surface area contributed by atoms with Gasteiger partial charge in [0.2, 0.25) is 5.91 Å². The number of benzene rings is 2. The van der Waals surface area contributed by atoms with Gasteiger partial charge in [-0.25, -0.2) is 4.79 Å². The number of morpholine rings is 1. The number of nitrogens with zero attached hydrogens (tertiary/aromatic N) is 2. The Balaban J connectivity index is 1.33. The van der Waals surface area contributed by atoms with Crippen LogP contribution in [0.15, 0.2) is 79.1 Å². The summed E-state index contributed by atoms with van der Waals surface area (Å²) in [5.41, 5.74) is 1.61. The molecule has 0 bridgehead atoms. The molecule has 3 amide bonds. The van der Waals surface area contributed by atoms with E-state index in [9.17, 15) is 14.4 Å². The summed E-state index contributed by atoms with van der Waals surface area (Å²) in [7, 11) is 0. The number of hydrogen-bond acceptors (Lipinski definition) is 6. The van der Waals surface area contributed by atoms with Crippen molar-refractivity contribution >= 4 is 39.8 Å². The van der Waals surface area contributed by atoms with E-state index in [0.29, 0.717) is 11.3 Å². The number of thiazole rings is 1. The Morgan fingerprint density at radius 3 is 2.40 bits per heavy atom. The largest absolute Gasteiger partial charge is 0.444 e. The molecule has 0 radical (unpaired) electrons. The molecule has 1 saturated heterocycles. The molecule has 5 rings (SSSR count). The van der Waals surface area contributed by atoms with Crippen LogP contribution in [0.5, 0.6) is 0 Å². The van der Waals surface area contributed by atoms with E-state index in [2.05, 4.69) is 22.8 Å². The van der Waals surface area contributed by atoms with E-state index in [4.69, 9.17) is 9.47 Å². The zero-order chi connectivity index (χ0) is 28.3. The van der Waals surface area contributed by atoms with E-state index in [1.54, 1.807) is 56.4 Å². The number of aromatic nitrogens is 1. The number of carbonyl (C=O) groups excluding carboxylic acids is 3. The highest BCUT2D eigenvalue weighted by Gasteiger charge is 2.38. The fourth-order valence-corrected chi connectivity index (χ4v) is 5.59. The van der Waals surface area contributed by atoms with Crippen molar-refractivity contribution in [3.05, 3.63) is 84.7 Å². The predicted octanol–water partition coefficient (Wildman–Crippen LogP) is 5.10. The van der Waals surface area contributed by atoms with Crippen molar-refractivity contribution in [2.24, 2.45) is 0 Å². The smallest absolute Gasteiger partial charge is 0.408 e. The number of fused-ring (bicyclic) bond motifs is 1. The van der Waals surface area contributed by atoms with E-state index in [1.165, 1.54) is 4.90 Å². The van der Waals surface area contributed by atoms with Crippen LogP contribution in [-0.2, 0) is 19.1 Å². The van der Waals surface area contributed by atoms with Gasteiger partial charge in [0.1, 0.15) is 22.5 Å². The van der Waals surface area contributed by atoms with Gasteiger partial charge in [-0.15, -0.1) is 11.3 Å². The van der Waals surface area contributed by atoms with Crippen molar-refractivity contribution in [3.8, 4) is 10.4 Å². The van der Waals surface area contributed by atoms with Crippen LogP contribution < -0.4 is 10.6 Å². The van der Waals surface area contributed by atoms with Crippen LogP contribution in [0.3, 0.4) is 0 Å². The third-order valence-electron chi connectivity index (χ3n) is 6.36. The van der Waals surface area contributed by atoms with Crippen molar-refractivity contribution in [2.45, 2.75) is 38.5 Å². The Morgan fingerprint density at radius 1 is 1.02 bits per heavy atom. The molecule has 40 heavy (non-hydrogen) atoms. The maximum Gasteiger partial charge on any atom is 0.408 e. The number of nitrogens with one attached hydrogen (secondary N) is 2. The van der Waals surface area contributed by atoms with E-state index in [0.717, 1.165) is 15.3 Å². The lowest BCUT2D eigenvalue weighted by Crippen LogP contribution is -2.57. The Kier molecular flexibility index (Phi) is 7.90. The lowest BCUT2D eigenvalue weighted by Gasteiger charge is -2.37. The summed E-state index contributed by atoms with van der Waals surface area (Å²) >= 11 is 1.62. The second-order valence-corrected chi connectivity index (χ2v) is 11.6. The van der Waals surface area contributed by atoms with Crippen LogP contribution >= 0.6 is 11.3 Å². The van der Waals surface area contributed by atoms with E-state index >= 15 is 0 Å². The molecule has 2 N–H and O–H groups in total. The monoisotopic (exact) mass is 560 g/mol. The molecule has 2 aromatic heterocycles. The van der Waals surface area contributed by atoms with Crippen molar-refractivity contribution in [1.29, 1.82) is 0 Å². The van der Waals surface area contributed by atoms with Gasteiger partial charge in [0.15, 0.2) is 0 Å². The molecule has 3 heterocycles. The van der Waals surface area contributed by atoms with Crippen molar-refractivity contribution in [2.75, 3.05) is 25.1 Å². The first-order chi connectivity index (χ1) is 19.2. The molecule has 10 heteroatoms. The summed E-state index contributed by atoms with van der Waals surface area (Å²) in [5, 5.41) is 5.65. The van der Waals surface area contributed by atoms with Crippen LogP contribution in [0.25, 0.3) is 15.3 Å². The molecule has 4 aromatic rings. The highest BCUT2D eigenvalue weighted by atomic mass is 32.1. The average molecular weight is 561 g/mol. The van der Waals surface area contributed by atoms with Crippen LogP contribution in [-0.4, -0.2) is 58.6 Å². The number of rotatable bonds is 6. The minimum atomic E-state index is -1.03. The van der Waals surface area contributed by atoms with Gasteiger partial charge in [0.25, 0.3) is 5.91 Å². The number of anilines is 1. The first-order valence-corrected chi connectivity index (χ1v) is 13.9. The summed E-state index contributed by atoms with van der Waals surface area (Å²) in [6, 6.07) is 19.0. The molecular formula is C30H32N4O5S. The molecule has 2 atom stereocenters. The molecule has 0 aliphatic carbocycles. The number of carbonyl (C=O) groups is 3. The second-order valence-electron chi connectivity index (χ2n) is 10.5. The minimum Gasteiger partial charge on any atom is -0.444 e. The highest BCUT2D eigenvalue weighted by Crippen LogP contribution is 2.31. The minimum absolute atomic E-state index is 0.0475. The van der Waals surface area contributed by atoms with Gasteiger partial charge in [-0.2, -0.15) is 0 Å². The van der Waals surface area contributed by atoms with Gasteiger partial charge in [0.05, 0.1) is 23.8 Å². The maximum atomic E-state index is 13.9. The quantitative estimate of drug-likeness (QED) is 0.342. The Morgan fingerprint density at radius 2 is 1.73 bits per heavy atom. The maximum absolute atomic E-state index is 13.9. The molecule has 0 saturated carbocycles. The lowest BCUT2D eigenvalue weighted by molar-refractivity contribution is -0.148. The molecule has 0 unspecified atom stereocenters. The molecule has 1 aliphatic heterocycles. The van der Waals surface area contributed by atoms with Crippen LogP contribution in [0.2, 0.25) is 0 Å². The summed E-state index contributed by atoms with van der Waals surface area (Å²) in [6.07, 6.45) is 3.16. The van der Waals surface area contributed by atoms with Gasteiger partial charge in [-0.05, 0) is 38.0 Å². The highest BCUT2D eigenvalue weighted by molar-refractivity contribution is 7.20. The molecular weight excluding hydrogens is 528 g/mol. The number of alkyl carbamates (subject to hydrolysis) is 1. The van der Waals surface area contributed by atoms with Crippen LogP contribution in [0.4, 0.5) is 10.5 Å². The van der Waals surface area contributed by atoms with Gasteiger partial charge in [-0.1, -0.05) is 60.7 Å². The summed E-state index contributed by atoms with van der Waals surface area (Å²) in [4.78, 5) is 43.5. The van der Waals surface area contributed by atoms with Crippen LogP contribution in [0.1, 0.15) is 32.4 Å². The summed E-state index contributed by atoms with van der Waals surface area (Å²) < 4.78 is 13.0. The zero-order valence-corrected chi connectivity index (χ0v) is 23.4. The molecule has 2 aromatic carbocycles.